The third-order valence-electron chi connectivity index (χ3n) is 1.20. The van der Waals surface area contributed by atoms with Crippen molar-refractivity contribution in [2.45, 2.75) is 39.3 Å². The quantitative estimate of drug-likeness (QED) is 0.687. The molecule has 0 unspecified atom stereocenters. The molecular formula is C10H16N2O2. The van der Waals surface area contributed by atoms with E-state index in [1.54, 1.807) is 33.8 Å². The topological polar surface area (TPSA) is 62.1 Å². The average molecular weight is 196 g/mol. The number of rotatable bonds is 2. The highest BCUT2D eigenvalue weighted by molar-refractivity contribution is 5.68. The molecule has 0 aliphatic rings. The fraction of sp³-hybridized carbons (Fsp3) is 0.600. The molecule has 0 rings (SSSR count). The van der Waals surface area contributed by atoms with E-state index < -0.39 is 11.7 Å². The minimum atomic E-state index is -0.497. The van der Waals surface area contributed by atoms with Gasteiger partial charge in [-0.05, 0) is 27.7 Å². The van der Waals surface area contributed by atoms with E-state index in [0.29, 0.717) is 0 Å². The predicted molar refractivity (Wildman–Crippen MR) is 53.6 cm³/mol. The Morgan fingerprint density at radius 1 is 1.57 bits per heavy atom. The second kappa shape index (κ2) is 5.28. The van der Waals surface area contributed by atoms with E-state index in [-0.39, 0.29) is 6.04 Å². The van der Waals surface area contributed by atoms with E-state index in [1.807, 2.05) is 6.07 Å². The number of amides is 1. The van der Waals surface area contributed by atoms with Crippen molar-refractivity contribution in [1.82, 2.24) is 5.32 Å². The van der Waals surface area contributed by atoms with Crippen molar-refractivity contribution in [3.05, 3.63) is 12.2 Å². The van der Waals surface area contributed by atoms with Crippen LogP contribution in [0.1, 0.15) is 27.7 Å². The summed E-state index contributed by atoms with van der Waals surface area (Å²) in [5, 5.41) is 10.8. The molecule has 0 saturated carbocycles. The Labute approximate surface area is 84.6 Å². The summed E-state index contributed by atoms with van der Waals surface area (Å²) in [5.74, 6) is 0. The number of carbonyl (C=O) groups excluding carboxylic acids is 1. The number of hydrogen-bond donors (Lipinski definition) is 1. The first-order chi connectivity index (χ1) is 6.35. The van der Waals surface area contributed by atoms with Crippen LogP contribution in [-0.2, 0) is 4.74 Å². The molecule has 0 fully saturated rings. The van der Waals surface area contributed by atoms with Crippen LogP contribution in [0.3, 0.4) is 0 Å². The summed E-state index contributed by atoms with van der Waals surface area (Å²) in [6, 6.07) is 1.64. The molecule has 0 heterocycles. The third kappa shape index (κ3) is 7.17. The van der Waals surface area contributed by atoms with Crippen LogP contribution in [0.2, 0.25) is 0 Å². The molecule has 1 atom stereocenters. The smallest absolute Gasteiger partial charge is 0.408 e. The Hall–Kier alpha value is -1.50. The van der Waals surface area contributed by atoms with Crippen LogP contribution in [0, 0.1) is 11.3 Å². The second-order valence-corrected chi connectivity index (χ2v) is 3.92. The summed E-state index contributed by atoms with van der Waals surface area (Å²) in [6.45, 7) is 7.14. The molecule has 4 nitrogen and oxygen atoms in total. The summed E-state index contributed by atoms with van der Waals surface area (Å²) in [7, 11) is 0. The lowest BCUT2D eigenvalue weighted by atomic mass is 10.2. The first kappa shape index (κ1) is 12.5. The van der Waals surface area contributed by atoms with Gasteiger partial charge in [-0.1, -0.05) is 6.08 Å². The van der Waals surface area contributed by atoms with Gasteiger partial charge in [-0.25, -0.2) is 4.79 Å². The van der Waals surface area contributed by atoms with Gasteiger partial charge < -0.3 is 10.1 Å². The SMILES string of the molecule is C[C@@H](/C=C\C#N)NC(=O)OC(C)(C)C. The number of nitrogens with zero attached hydrogens (tertiary/aromatic N) is 1. The monoisotopic (exact) mass is 196 g/mol. The molecular weight excluding hydrogens is 180 g/mol. The number of carbonyl (C=O) groups is 1. The van der Waals surface area contributed by atoms with Gasteiger partial charge in [0.2, 0.25) is 0 Å². The third-order valence-corrected chi connectivity index (χ3v) is 1.20. The van der Waals surface area contributed by atoms with Crippen LogP contribution in [-0.4, -0.2) is 17.7 Å². The molecule has 0 saturated heterocycles. The normalized spacial score (nSPS) is 13.4. The molecule has 14 heavy (non-hydrogen) atoms. The van der Waals surface area contributed by atoms with Crippen LogP contribution < -0.4 is 5.32 Å². The molecule has 0 spiro atoms. The zero-order chi connectivity index (χ0) is 11.2. The van der Waals surface area contributed by atoms with Gasteiger partial charge in [0.1, 0.15) is 5.60 Å². The number of nitriles is 1. The zero-order valence-electron chi connectivity index (χ0n) is 9.00. The maximum absolute atomic E-state index is 11.2. The van der Waals surface area contributed by atoms with Crippen molar-refractivity contribution in [3.63, 3.8) is 0 Å². The van der Waals surface area contributed by atoms with Gasteiger partial charge >= 0.3 is 6.09 Å². The van der Waals surface area contributed by atoms with Crippen LogP contribution in [0.4, 0.5) is 4.79 Å². The Bertz CT molecular complexity index is 258. The molecule has 0 aromatic carbocycles. The van der Waals surface area contributed by atoms with Crippen molar-refractivity contribution in [1.29, 1.82) is 5.26 Å². The van der Waals surface area contributed by atoms with Gasteiger partial charge in [0, 0.05) is 12.1 Å². The maximum Gasteiger partial charge on any atom is 0.408 e. The minimum Gasteiger partial charge on any atom is -0.444 e. The molecule has 0 aromatic rings. The molecule has 0 aliphatic heterocycles. The van der Waals surface area contributed by atoms with E-state index in [1.165, 1.54) is 6.08 Å². The molecule has 4 heteroatoms. The summed E-state index contributed by atoms with van der Waals surface area (Å²) in [6.07, 6.45) is 2.43. The summed E-state index contributed by atoms with van der Waals surface area (Å²) >= 11 is 0. The zero-order valence-corrected chi connectivity index (χ0v) is 9.00. The van der Waals surface area contributed by atoms with Gasteiger partial charge in [-0.15, -0.1) is 0 Å². The van der Waals surface area contributed by atoms with E-state index in [4.69, 9.17) is 10.00 Å². The fourth-order valence-corrected chi connectivity index (χ4v) is 0.729. The summed E-state index contributed by atoms with van der Waals surface area (Å²) in [5.41, 5.74) is -0.497. The van der Waals surface area contributed by atoms with Crippen LogP contribution in [0.15, 0.2) is 12.2 Å². The van der Waals surface area contributed by atoms with Gasteiger partial charge in [-0.3, -0.25) is 0 Å². The Balaban J connectivity index is 3.96. The van der Waals surface area contributed by atoms with E-state index in [0.717, 1.165) is 0 Å². The molecule has 1 amide bonds. The number of ether oxygens (including phenoxy) is 1. The lowest BCUT2D eigenvalue weighted by Gasteiger charge is -2.20. The molecule has 0 aliphatic carbocycles. The standard InChI is InChI=1S/C10H16N2O2/c1-8(6-5-7-11)12-9(13)14-10(2,3)4/h5-6,8H,1-4H3,(H,12,13)/b6-5-/t8-/m0/s1. The van der Waals surface area contributed by atoms with Gasteiger partial charge in [0.15, 0.2) is 0 Å². The van der Waals surface area contributed by atoms with E-state index >= 15 is 0 Å². The fourth-order valence-electron chi connectivity index (χ4n) is 0.729. The average Bonchev–Trinajstić information content (AvgIpc) is 1.96. The molecule has 1 N–H and O–H groups in total. The van der Waals surface area contributed by atoms with E-state index in [2.05, 4.69) is 5.32 Å². The van der Waals surface area contributed by atoms with Crippen molar-refractivity contribution >= 4 is 6.09 Å². The van der Waals surface area contributed by atoms with Gasteiger partial charge in [0.25, 0.3) is 0 Å². The molecule has 78 valence electrons. The van der Waals surface area contributed by atoms with Crippen molar-refractivity contribution in [3.8, 4) is 6.07 Å². The lowest BCUT2D eigenvalue weighted by Crippen LogP contribution is -2.36. The minimum absolute atomic E-state index is 0.204. The molecule has 0 aromatic heterocycles. The Kier molecular flexibility index (Phi) is 4.71. The lowest BCUT2D eigenvalue weighted by molar-refractivity contribution is 0.0518. The first-order valence-electron chi connectivity index (χ1n) is 4.41. The highest BCUT2D eigenvalue weighted by Gasteiger charge is 2.16. The first-order valence-corrected chi connectivity index (χ1v) is 4.41. The van der Waals surface area contributed by atoms with Crippen molar-refractivity contribution in [2.24, 2.45) is 0 Å². The highest BCUT2D eigenvalue weighted by Crippen LogP contribution is 2.06. The van der Waals surface area contributed by atoms with Gasteiger partial charge in [0.05, 0.1) is 6.07 Å². The molecule has 0 radical (unpaired) electrons. The number of alkyl carbamates (subject to hydrolysis) is 1. The highest BCUT2D eigenvalue weighted by atomic mass is 16.6. The van der Waals surface area contributed by atoms with Gasteiger partial charge in [-0.2, -0.15) is 5.26 Å². The predicted octanol–water partition coefficient (Wildman–Crippen LogP) is 1.98. The summed E-state index contributed by atoms with van der Waals surface area (Å²) in [4.78, 5) is 11.2. The Morgan fingerprint density at radius 3 is 2.57 bits per heavy atom. The largest absolute Gasteiger partial charge is 0.444 e. The van der Waals surface area contributed by atoms with Crippen molar-refractivity contribution in [2.75, 3.05) is 0 Å². The van der Waals surface area contributed by atoms with Crippen LogP contribution in [0.25, 0.3) is 0 Å². The number of nitrogens with one attached hydrogen (secondary N) is 1. The Morgan fingerprint density at radius 2 is 2.14 bits per heavy atom. The van der Waals surface area contributed by atoms with E-state index in [9.17, 15) is 4.79 Å². The van der Waals surface area contributed by atoms with Crippen molar-refractivity contribution < 1.29 is 9.53 Å². The number of allylic oxidation sites excluding steroid dienone is 1. The number of hydrogen-bond acceptors (Lipinski definition) is 3. The second-order valence-electron chi connectivity index (χ2n) is 3.92. The maximum atomic E-state index is 11.2. The summed E-state index contributed by atoms with van der Waals surface area (Å²) < 4.78 is 5.02. The van der Waals surface area contributed by atoms with Crippen LogP contribution in [0.5, 0.6) is 0 Å². The molecule has 0 bridgehead atoms. The van der Waals surface area contributed by atoms with Crippen LogP contribution >= 0.6 is 0 Å².